The molecule has 1 aliphatic heterocycles. The van der Waals surface area contributed by atoms with Gasteiger partial charge in [0.1, 0.15) is 5.02 Å². The molecule has 1 aromatic rings. The number of aromatic nitrogens is 2. The molecule has 1 aromatic heterocycles. The number of morpholine rings is 1. The van der Waals surface area contributed by atoms with Gasteiger partial charge in [-0.15, -0.1) is 0 Å². The number of methoxy groups -OCH3 is 1. The number of nitrogens with zero attached hydrogens (tertiary/aromatic N) is 3. The first-order valence-electron chi connectivity index (χ1n) is 5.79. The van der Waals surface area contributed by atoms with Crippen LogP contribution in [0.2, 0.25) is 5.02 Å². The van der Waals surface area contributed by atoms with Crippen LogP contribution in [0.5, 0.6) is 6.01 Å². The van der Waals surface area contributed by atoms with E-state index >= 15 is 0 Å². The first kappa shape index (κ1) is 13.3. The number of nitrogens with one attached hydrogen (secondary N) is 1. The highest BCUT2D eigenvalue weighted by Gasteiger charge is 2.18. The van der Waals surface area contributed by atoms with Crippen molar-refractivity contribution in [2.45, 2.75) is 6.10 Å². The minimum Gasteiger partial charge on any atom is -0.467 e. The minimum absolute atomic E-state index is 0.140. The summed E-state index contributed by atoms with van der Waals surface area (Å²) < 4.78 is 10.6. The van der Waals surface area contributed by atoms with Gasteiger partial charge < -0.3 is 19.7 Å². The van der Waals surface area contributed by atoms with Crippen LogP contribution < -0.4 is 10.1 Å². The molecule has 7 heteroatoms. The molecule has 0 aromatic carbocycles. The summed E-state index contributed by atoms with van der Waals surface area (Å²) in [7, 11) is 3.60. The van der Waals surface area contributed by atoms with Crippen LogP contribution in [0, 0.1) is 0 Å². The Morgan fingerprint density at radius 3 is 3.22 bits per heavy atom. The standard InChI is InChI=1S/C11H17ClN4O2/c1-16-3-4-18-8(7-16)5-13-10-9(12)6-14-11(15-10)17-2/h6,8H,3-5,7H2,1-2H3,(H,13,14,15). The molecule has 0 bridgehead atoms. The van der Waals surface area contributed by atoms with Crippen molar-refractivity contribution < 1.29 is 9.47 Å². The zero-order valence-electron chi connectivity index (χ0n) is 10.5. The summed E-state index contributed by atoms with van der Waals surface area (Å²) in [5.41, 5.74) is 0. The molecule has 2 heterocycles. The van der Waals surface area contributed by atoms with Gasteiger partial charge in [0.2, 0.25) is 0 Å². The molecule has 6 nitrogen and oxygen atoms in total. The first-order chi connectivity index (χ1) is 8.69. The molecule has 0 aliphatic carbocycles. The predicted molar refractivity (Wildman–Crippen MR) is 69.3 cm³/mol. The number of ether oxygens (including phenoxy) is 2. The maximum absolute atomic E-state index is 6.01. The highest BCUT2D eigenvalue weighted by molar-refractivity contribution is 6.32. The number of hydrogen-bond acceptors (Lipinski definition) is 6. The highest BCUT2D eigenvalue weighted by Crippen LogP contribution is 2.20. The second-order valence-corrected chi connectivity index (χ2v) is 4.60. The summed E-state index contributed by atoms with van der Waals surface area (Å²) >= 11 is 6.01. The molecule has 100 valence electrons. The predicted octanol–water partition coefficient (Wildman–Crippen LogP) is 0.881. The van der Waals surface area contributed by atoms with E-state index in [0.717, 1.165) is 19.7 Å². The largest absolute Gasteiger partial charge is 0.467 e. The maximum atomic E-state index is 6.01. The molecule has 1 N–H and O–H groups in total. The smallest absolute Gasteiger partial charge is 0.318 e. The third-order valence-electron chi connectivity index (χ3n) is 2.74. The lowest BCUT2D eigenvalue weighted by Gasteiger charge is -2.30. The van der Waals surface area contributed by atoms with Crippen LogP contribution in [0.15, 0.2) is 6.20 Å². The van der Waals surface area contributed by atoms with Crippen LogP contribution in [0.1, 0.15) is 0 Å². The Morgan fingerprint density at radius 2 is 2.50 bits per heavy atom. The van der Waals surface area contributed by atoms with E-state index in [-0.39, 0.29) is 6.10 Å². The fourth-order valence-corrected chi connectivity index (χ4v) is 1.93. The fraction of sp³-hybridized carbons (Fsp3) is 0.636. The molecule has 0 radical (unpaired) electrons. The van der Waals surface area contributed by atoms with E-state index in [1.165, 1.54) is 13.3 Å². The Balaban J connectivity index is 1.92. The highest BCUT2D eigenvalue weighted by atomic mass is 35.5. The van der Waals surface area contributed by atoms with Crippen LogP contribution in [0.4, 0.5) is 5.82 Å². The lowest BCUT2D eigenvalue weighted by Crippen LogP contribution is -2.43. The molecule has 18 heavy (non-hydrogen) atoms. The molecule has 2 rings (SSSR count). The van der Waals surface area contributed by atoms with Crippen molar-refractivity contribution >= 4 is 17.4 Å². The molecule has 1 aliphatic rings. The van der Waals surface area contributed by atoms with Gasteiger partial charge in [0, 0.05) is 19.6 Å². The van der Waals surface area contributed by atoms with Crippen molar-refractivity contribution in [3.05, 3.63) is 11.2 Å². The lowest BCUT2D eigenvalue weighted by atomic mass is 10.3. The molecule has 1 fully saturated rings. The van der Waals surface area contributed by atoms with Gasteiger partial charge in [-0.3, -0.25) is 0 Å². The maximum Gasteiger partial charge on any atom is 0.318 e. The van der Waals surface area contributed by atoms with Gasteiger partial charge in [-0.25, -0.2) is 4.98 Å². The topological polar surface area (TPSA) is 59.5 Å². The van der Waals surface area contributed by atoms with E-state index in [1.807, 2.05) is 0 Å². The van der Waals surface area contributed by atoms with Crippen molar-refractivity contribution in [3.8, 4) is 6.01 Å². The van der Waals surface area contributed by atoms with E-state index in [4.69, 9.17) is 21.1 Å². The Kier molecular flexibility index (Phi) is 4.57. The van der Waals surface area contributed by atoms with Crippen molar-refractivity contribution in [1.29, 1.82) is 0 Å². The molecule has 0 spiro atoms. The van der Waals surface area contributed by atoms with Gasteiger partial charge in [-0.1, -0.05) is 11.6 Å². The van der Waals surface area contributed by atoms with E-state index in [1.54, 1.807) is 0 Å². The Morgan fingerprint density at radius 1 is 1.67 bits per heavy atom. The first-order valence-corrected chi connectivity index (χ1v) is 6.17. The van der Waals surface area contributed by atoms with Gasteiger partial charge in [-0.05, 0) is 7.05 Å². The molecule has 0 saturated carbocycles. The van der Waals surface area contributed by atoms with Crippen molar-refractivity contribution in [1.82, 2.24) is 14.9 Å². The fourth-order valence-electron chi connectivity index (χ4n) is 1.77. The number of anilines is 1. The quantitative estimate of drug-likeness (QED) is 0.878. The second kappa shape index (κ2) is 6.17. The van der Waals surface area contributed by atoms with Crippen LogP contribution >= 0.6 is 11.6 Å². The molecule has 1 atom stereocenters. The van der Waals surface area contributed by atoms with Crippen LogP contribution in [-0.4, -0.2) is 61.4 Å². The molecule has 1 unspecified atom stereocenters. The Hall–Kier alpha value is -1.11. The summed E-state index contributed by atoms with van der Waals surface area (Å²) in [5, 5.41) is 3.64. The van der Waals surface area contributed by atoms with E-state index in [0.29, 0.717) is 23.4 Å². The molecular formula is C11H17ClN4O2. The second-order valence-electron chi connectivity index (χ2n) is 4.19. The average molecular weight is 273 g/mol. The van der Waals surface area contributed by atoms with Gasteiger partial charge in [0.05, 0.1) is 26.0 Å². The van der Waals surface area contributed by atoms with Crippen LogP contribution in [-0.2, 0) is 4.74 Å². The average Bonchev–Trinajstić information content (AvgIpc) is 2.38. The van der Waals surface area contributed by atoms with Gasteiger partial charge in [-0.2, -0.15) is 4.98 Å². The summed E-state index contributed by atoms with van der Waals surface area (Å²) in [6.07, 6.45) is 1.66. The number of hydrogen-bond donors (Lipinski definition) is 1. The van der Waals surface area contributed by atoms with E-state index in [9.17, 15) is 0 Å². The zero-order valence-corrected chi connectivity index (χ0v) is 11.3. The molecule has 0 amide bonds. The third kappa shape index (κ3) is 3.44. The van der Waals surface area contributed by atoms with Gasteiger partial charge in [0.15, 0.2) is 5.82 Å². The van der Waals surface area contributed by atoms with E-state index in [2.05, 4.69) is 27.2 Å². The molecule has 1 saturated heterocycles. The zero-order chi connectivity index (χ0) is 13.0. The summed E-state index contributed by atoms with van der Waals surface area (Å²) in [6.45, 7) is 3.28. The monoisotopic (exact) mass is 272 g/mol. The lowest BCUT2D eigenvalue weighted by molar-refractivity contribution is -0.0117. The number of halogens is 1. The third-order valence-corrected chi connectivity index (χ3v) is 3.02. The van der Waals surface area contributed by atoms with Crippen molar-refractivity contribution in [2.75, 3.05) is 45.7 Å². The summed E-state index contributed by atoms with van der Waals surface area (Å²) in [5.74, 6) is 0.570. The number of likely N-dealkylation sites (N-methyl/N-ethyl adjacent to an activating group) is 1. The SMILES string of the molecule is COc1ncc(Cl)c(NCC2CN(C)CCO2)n1. The summed E-state index contributed by atoms with van der Waals surface area (Å²) in [6, 6.07) is 0.295. The molecular weight excluding hydrogens is 256 g/mol. The minimum atomic E-state index is 0.140. The van der Waals surface area contributed by atoms with Gasteiger partial charge in [0.25, 0.3) is 0 Å². The number of rotatable bonds is 4. The van der Waals surface area contributed by atoms with Crippen molar-refractivity contribution in [2.24, 2.45) is 0 Å². The van der Waals surface area contributed by atoms with Crippen LogP contribution in [0.3, 0.4) is 0 Å². The van der Waals surface area contributed by atoms with Crippen molar-refractivity contribution in [3.63, 3.8) is 0 Å². The normalized spacial score (nSPS) is 20.7. The Bertz CT molecular complexity index is 405. The van der Waals surface area contributed by atoms with Crippen LogP contribution in [0.25, 0.3) is 0 Å². The van der Waals surface area contributed by atoms with Gasteiger partial charge >= 0.3 is 6.01 Å². The van der Waals surface area contributed by atoms with E-state index < -0.39 is 0 Å². The Labute approximate surface area is 111 Å². The summed E-state index contributed by atoms with van der Waals surface area (Å²) in [4.78, 5) is 10.3.